The molecule has 0 fully saturated rings. The molecule has 0 saturated heterocycles. The Morgan fingerprint density at radius 2 is 1.75 bits per heavy atom. The summed E-state index contributed by atoms with van der Waals surface area (Å²) in [4.78, 5) is 23.4. The molecular weight excluding hydrogens is 302 g/mol. The lowest BCUT2D eigenvalue weighted by Gasteiger charge is -2.21. The van der Waals surface area contributed by atoms with Gasteiger partial charge < -0.3 is 10.4 Å². The Bertz CT molecular complexity index is 695. The van der Waals surface area contributed by atoms with Crippen molar-refractivity contribution in [1.82, 2.24) is 0 Å². The van der Waals surface area contributed by atoms with Crippen LogP contribution in [0.25, 0.3) is 0 Å². The minimum absolute atomic E-state index is 0.0495. The lowest BCUT2D eigenvalue weighted by atomic mass is 9.87. The molecule has 0 spiro atoms. The predicted octanol–water partition coefficient (Wildman–Crippen LogP) is 4.08. The average molecular weight is 325 g/mol. The quantitative estimate of drug-likeness (QED) is 0.806. The molecule has 0 radical (unpaired) electrons. The zero-order valence-corrected chi connectivity index (χ0v) is 14.0. The molecule has 1 atom stereocenters. The third-order valence-corrected chi connectivity index (χ3v) is 3.93. The van der Waals surface area contributed by atoms with Gasteiger partial charge in [-0.1, -0.05) is 56.3 Å². The number of hydrogen-bond donors (Lipinski definition) is 2. The number of carboxylic acid groups (broad SMARTS) is 1. The van der Waals surface area contributed by atoms with E-state index in [1.807, 2.05) is 68.4 Å². The maximum Gasteiger partial charge on any atom is 0.303 e. The maximum absolute atomic E-state index is 12.7. The molecule has 2 rings (SSSR count). The molecule has 0 bridgehead atoms. The SMILES string of the molecule is CC(C)C(C(=O)Nc1cccc(CCC(=O)O)c1)c1ccccc1. The van der Waals surface area contributed by atoms with Crippen molar-refractivity contribution in [1.29, 1.82) is 0 Å². The molecule has 0 aliphatic rings. The van der Waals surface area contributed by atoms with Gasteiger partial charge in [-0.2, -0.15) is 0 Å². The van der Waals surface area contributed by atoms with E-state index in [1.165, 1.54) is 0 Å². The van der Waals surface area contributed by atoms with Crippen LogP contribution in [0.15, 0.2) is 54.6 Å². The number of aryl methyl sites for hydroxylation is 1. The maximum atomic E-state index is 12.7. The van der Waals surface area contributed by atoms with Gasteiger partial charge in [0.1, 0.15) is 0 Å². The molecule has 0 aromatic heterocycles. The second kappa shape index (κ2) is 8.29. The molecule has 126 valence electrons. The van der Waals surface area contributed by atoms with Crippen LogP contribution < -0.4 is 5.32 Å². The number of hydrogen-bond acceptors (Lipinski definition) is 2. The van der Waals surface area contributed by atoms with Crippen LogP contribution in [-0.2, 0) is 16.0 Å². The molecule has 4 nitrogen and oxygen atoms in total. The van der Waals surface area contributed by atoms with Crippen LogP contribution in [0.5, 0.6) is 0 Å². The fourth-order valence-electron chi connectivity index (χ4n) is 2.78. The van der Waals surface area contributed by atoms with E-state index in [2.05, 4.69) is 5.32 Å². The van der Waals surface area contributed by atoms with Gasteiger partial charge in [-0.25, -0.2) is 0 Å². The number of amides is 1. The molecule has 1 amide bonds. The van der Waals surface area contributed by atoms with E-state index in [4.69, 9.17) is 5.11 Å². The molecule has 0 saturated carbocycles. The van der Waals surface area contributed by atoms with Crippen LogP contribution in [0.4, 0.5) is 5.69 Å². The number of aliphatic carboxylic acids is 1. The van der Waals surface area contributed by atoms with Crippen LogP contribution in [0, 0.1) is 5.92 Å². The minimum Gasteiger partial charge on any atom is -0.481 e. The highest BCUT2D eigenvalue weighted by Crippen LogP contribution is 2.26. The predicted molar refractivity (Wildman–Crippen MR) is 95.0 cm³/mol. The number of carboxylic acids is 1. The van der Waals surface area contributed by atoms with Gasteiger partial charge in [0.2, 0.25) is 5.91 Å². The van der Waals surface area contributed by atoms with Crippen LogP contribution >= 0.6 is 0 Å². The molecule has 1 unspecified atom stereocenters. The topological polar surface area (TPSA) is 66.4 Å². The minimum atomic E-state index is -0.826. The smallest absolute Gasteiger partial charge is 0.303 e. The number of rotatable bonds is 7. The van der Waals surface area contributed by atoms with Gasteiger partial charge in [0.05, 0.1) is 5.92 Å². The summed E-state index contributed by atoms with van der Waals surface area (Å²) < 4.78 is 0. The van der Waals surface area contributed by atoms with Crippen molar-refractivity contribution in [3.63, 3.8) is 0 Å². The summed E-state index contributed by atoms with van der Waals surface area (Å²) in [5, 5.41) is 11.7. The van der Waals surface area contributed by atoms with Gasteiger partial charge in [-0.3, -0.25) is 9.59 Å². The van der Waals surface area contributed by atoms with E-state index >= 15 is 0 Å². The zero-order valence-electron chi connectivity index (χ0n) is 14.0. The lowest BCUT2D eigenvalue weighted by Crippen LogP contribution is -2.25. The monoisotopic (exact) mass is 325 g/mol. The zero-order chi connectivity index (χ0) is 17.5. The van der Waals surface area contributed by atoms with Crippen molar-refractivity contribution in [3.05, 3.63) is 65.7 Å². The van der Waals surface area contributed by atoms with Crippen LogP contribution in [-0.4, -0.2) is 17.0 Å². The average Bonchev–Trinajstić information content (AvgIpc) is 2.54. The third-order valence-electron chi connectivity index (χ3n) is 3.93. The summed E-state index contributed by atoms with van der Waals surface area (Å²) in [7, 11) is 0. The molecule has 24 heavy (non-hydrogen) atoms. The van der Waals surface area contributed by atoms with Gasteiger partial charge >= 0.3 is 5.97 Å². The van der Waals surface area contributed by atoms with Crippen molar-refractivity contribution < 1.29 is 14.7 Å². The first-order valence-corrected chi connectivity index (χ1v) is 8.14. The van der Waals surface area contributed by atoms with Gasteiger partial charge in [0, 0.05) is 12.1 Å². The Balaban J connectivity index is 2.12. The third kappa shape index (κ3) is 4.95. The Hall–Kier alpha value is -2.62. The van der Waals surface area contributed by atoms with Crippen molar-refractivity contribution in [2.45, 2.75) is 32.6 Å². The fraction of sp³-hybridized carbons (Fsp3) is 0.300. The summed E-state index contributed by atoms with van der Waals surface area (Å²) >= 11 is 0. The number of benzene rings is 2. The summed E-state index contributed by atoms with van der Waals surface area (Å²) in [6.07, 6.45) is 0.529. The van der Waals surface area contributed by atoms with Crippen molar-refractivity contribution in [3.8, 4) is 0 Å². The Labute approximate surface area is 142 Å². The second-order valence-electron chi connectivity index (χ2n) is 6.22. The van der Waals surface area contributed by atoms with E-state index in [0.29, 0.717) is 12.1 Å². The first-order valence-electron chi connectivity index (χ1n) is 8.14. The highest BCUT2D eigenvalue weighted by molar-refractivity contribution is 5.96. The Morgan fingerprint density at radius 1 is 1.04 bits per heavy atom. The normalized spacial score (nSPS) is 12.0. The standard InChI is InChI=1S/C20H23NO3/c1-14(2)19(16-8-4-3-5-9-16)20(24)21-17-10-6-7-15(13-17)11-12-18(22)23/h3-10,13-14,19H,11-12H2,1-2H3,(H,21,24)(H,22,23). The van der Waals surface area contributed by atoms with Crippen LogP contribution in [0.2, 0.25) is 0 Å². The van der Waals surface area contributed by atoms with Crippen molar-refractivity contribution >= 4 is 17.6 Å². The number of anilines is 1. The van der Waals surface area contributed by atoms with E-state index in [-0.39, 0.29) is 24.2 Å². The Morgan fingerprint density at radius 3 is 2.38 bits per heavy atom. The lowest BCUT2D eigenvalue weighted by molar-refractivity contribution is -0.137. The van der Waals surface area contributed by atoms with E-state index < -0.39 is 5.97 Å². The van der Waals surface area contributed by atoms with Crippen molar-refractivity contribution in [2.75, 3.05) is 5.32 Å². The molecule has 2 aromatic rings. The molecule has 0 heterocycles. The van der Waals surface area contributed by atoms with E-state index in [9.17, 15) is 9.59 Å². The molecule has 0 aliphatic carbocycles. The first kappa shape index (κ1) is 17.7. The number of carbonyl (C=O) groups excluding carboxylic acids is 1. The van der Waals surface area contributed by atoms with Gasteiger partial charge in [-0.15, -0.1) is 0 Å². The first-order chi connectivity index (χ1) is 11.5. The molecule has 2 aromatic carbocycles. The summed E-state index contributed by atoms with van der Waals surface area (Å²) in [6, 6.07) is 17.1. The Kier molecular flexibility index (Phi) is 6.13. The van der Waals surface area contributed by atoms with Gasteiger partial charge in [-0.05, 0) is 35.6 Å². The van der Waals surface area contributed by atoms with Gasteiger partial charge in [0.25, 0.3) is 0 Å². The largest absolute Gasteiger partial charge is 0.481 e. The number of nitrogens with one attached hydrogen (secondary N) is 1. The van der Waals surface area contributed by atoms with Gasteiger partial charge in [0.15, 0.2) is 0 Å². The highest BCUT2D eigenvalue weighted by Gasteiger charge is 2.24. The second-order valence-corrected chi connectivity index (χ2v) is 6.22. The number of carbonyl (C=O) groups is 2. The molecule has 4 heteroatoms. The van der Waals surface area contributed by atoms with Crippen molar-refractivity contribution in [2.24, 2.45) is 5.92 Å². The van der Waals surface area contributed by atoms with Crippen LogP contribution in [0.3, 0.4) is 0 Å². The highest BCUT2D eigenvalue weighted by atomic mass is 16.4. The molecule has 0 aliphatic heterocycles. The summed E-state index contributed by atoms with van der Waals surface area (Å²) in [6.45, 7) is 4.06. The summed E-state index contributed by atoms with van der Waals surface area (Å²) in [5.74, 6) is -0.934. The van der Waals surface area contributed by atoms with E-state index in [0.717, 1.165) is 11.1 Å². The molecular formula is C20H23NO3. The molecule has 2 N–H and O–H groups in total. The van der Waals surface area contributed by atoms with Crippen LogP contribution in [0.1, 0.15) is 37.3 Å². The summed E-state index contributed by atoms with van der Waals surface area (Å²) in [5.41, 5.74) is 2.59. The fourth-order valence-corrected chi connectivity index (χ4v) is 2.78. The van der Waals surface area contributed by atoms with E-state index in [1.54, 1.807) is 0 Å².